The molecule has 3 aromatic carbocycles. The summed E-state index contributed by atoms with van der Waals surface area (Å²) in [6.07, 6.45) is 0. The zero-order valence-electron chi connectivity index (χ0n) is 17.6. The highest BCUT2D eigenvalue weighted by Gasteiger charge is 2.51. The number of aliphatic imine (C=N–C) groups is 1. The number of halogens is 2. The van der Waals surface area contributed by atoms with Gasteiger partial charge in [0.05, 0.1) is 0 Å². The van der Waals surface area contributed by atoms with Crippen molar-refractivity contribution in [1.29, 1.82) is 0 Å². The summed E-state index contributed by atoms with van der Waals surface area (Å²) in [5.74, 6) is 0.183. The number of hydrogen-bond acceptors (Lipinski definition) is 4. The van der Waals surface area contributed by atoms with Crippen LogP contribution in [0.2, 0.25) is 0 Å². The maximum Gasteiger partial charge on any atom is 0.387 e. The number of benzene rings is 3. The summed E-state index contributed by atoms with van der Waals surface area (Å²) in [6, 6.07) is 23.1. The highest BCUT2D eigenvalue weighted by atomic mass is 19.3. The minimum absolute atomic E-state index is 0.0287. The van der Waals surface area contributed by atoms with E-state index in [0.717, 1.165) is 10.9 Å². The van der Waals surface area contributed by atoms with Crippen molar-refractivity contribution in [1.82, 2.24) is 4.98 Å². The number of rotatable bonds is 5. The average molecular weight is 446 g/mol. The molecule has 1 aliphatic heterocycles. The number of alkyl halides is 2. The first kappa shape index (κ1) is 20.7. The monoisotopic (exact) mass is 446 g/mol. The molecule has 0 fully saturated rings. The molecule has 166 valence electrons. The second-order valence-corrected chi connectivity index (χ2v) is 7.79. The number of hydrogen-bond donors (Lipinski definition) is 2. The van der Waals surface area contributed by atoms with Gasteiger partial charge in [0.15, 0.2) is 5.54 Å². The van der Waals surface area contributed by atoms with Gasteiger partial charge < -0.3 is 15.5 Å². The molecule has 3 N–H and O–H groups in total. The first-order valence-corrected chi connectivity index (χ1v) is 10.3. The van der Waals surface area contributed by atoms with Gasteiger partial charge in [-0.3, -0.25) is 4.79 Å². The second-order valence-electron chi connectivity index (χ2n) is 7.79. The van der Waals surface area contributed by atoms with Crippen LogP contribution in [0, 0.1) is 6.92 Å². The molecule has 1 atom stereocenters. The first-order chi connectivity index (χ1) is 15.9. The van der Waals surface area contributed by atoms with Crippen LogP contribution < -0.4 is 15.4 Å². The molecule has 6 nitrogen and oxygen atoms in total. The summed E-state index contributed by atoms with van der Waals surface area (Å²) < 4.78 is 30.1. The lowest BCUT2D eigenvalue weighted by Crippen LogP contribution is -2.44. The summed E-state index contributed by atoms with van der Waals surface area (Å²) in [6.45, 7) is -1.31. The molecule has 0 aliphatic carbocycles. The molecule has 5 rings (SSSR count). The maximum absolute atomic E-state index is 14.1. The van der Waals surface area contributed by atoms with E-state index in [9.17, 15) is 13.6 Å². The van der Waals surface area contributed by atoms with Crippen LogP contribution in [0.3, 0.4) is 0 Å². The van der Waals surface area contributed by atoms with Crippen molar-refractivity contribution in [3.63, 3.8) is 0 Å². The minimum atomic E-state index is -2.95. The number of amides is 1. The van der Waals surface area contributed by atoms with Gasteiger partial charge >= 0.3 is 6.61 Å². The van der Waals surface area contributed by atoms with Crippen LogP contribution in [0.15, 0.2) is 83.9 Å². The third-order valence-electron chi connectivity index (χ3n) is 5.78. The van der Waals surface area contributed by atoms with E-state index in [0.29, 0.717) is 22.5 Å². The molecular formula is C25H20F2N4O2. The van der Waals surface area contributed by atoms with E-state index in [4.69, 9.17) is 5.73 Å². The number of aromatic nitrogens is 1. The average Bonchev–Trinajstić information content (AvgIpc) is 3.33. The van der Waals surface area contributed by atoms with E-state index < -0.39 is 12.2 Å². The molecule has 0 saturated carbocycles. The van der Waals surface area contributed by atoms with Crippen LogP contribution in [0.25, 0.3) is 10.9 Å². The summed E-state index contributed by atoms with van der Waals surface area (Å²) >= 11 is 0. The van der Waals surface area contributed by atoms with Gasteiger partial charge in [0.1, 0.15) is 11.6 Å². The number of carbonyl (C=O) groups is 1. The van der Waals surface area contributed by atoms with E-state index in [1.54, 1.807) is 31.2 Å². The lowest BCUT2D eigenvalue weighted by Gasteiger charge is -2.27. The SMILES string of the molecule is Cc1cc(C2(c3ccccc3)N=C(N)N(c3cc4ccccc4[nH]3)C2=O)ccc1OC(F)F. The van der Waals surface area contributed by atoms with Crippen LogP contribution in [0.5, 0.6) is 5.75 Å². The van der Waals surface area contributed by atoms with Crippen LogP contribution in [0.4, 0.5) is 14.6 Å². The Morgan fingerprint density at radius 1 is 1.00 bits per heavy atom. The van der Waals surface area contributed by atoms with Crippen LogP contribution in [0.1, 0.15) is 16.7 Å². The van der Waals surface area contributed by atoms with Crippen molar-refractivity contribution in [2.45, 2.75) is 19.1 Å². The van der Waals surface area contributed by atoms with Crippen LogP contribution >= 0.6 is 0 Å². The van der Waals surface area contributed by atoms with Crippen molar-refractivity contribution >= 4 is 28.6 Å². The largest absolute Gasteiger partial charge is 0.435 e. The number of nitrogens with one attached hydrogen (secondary N) is 1. The number of aromatic amines is 1. The lowest BCUT2D eigenvalue weighted by atomic mass is 9.82. The summed E-state index contributed by atoms with van der Waals surface area (Å²) in [7, 11) is 0. The molecule has 33 heavy (non-hydrogen) atoms. The molecule has 0 radical (unpaired) electrons. The highest BCUT2D eigenvalue weighted by molar-refractivity contribution is 6.24. The second kappa shape index (κ2) is 7.74. The fourth-order valence-corrected chi connectivity index (χ4v) is 4.27. The number of aryl methyl sites for hydroxylation is 1. The molecular weight excluding hydrogens is 426 g/mol. The minimum Gasteiger partial charge on any atom is -0.435 e. The number of guanidine groups is 1. The van der Waals surface area contributed by atoms with Gasteiger partial charge in [0, 0.05) is 10.9 Å². The lowest BCUT2D eigenvalue weighted by molar-refractivity contribution is -0.120. The Balaban J connectivity index is 1.66. The van der Waals surface area contributed by atoms with Gasteiger partial charge in [-0.2, -0.15) is 8.78 Å². The van der Waals surface area contributed by atoms with E-state index in [-0.39, 0.29) is 17.6 Å². The van der Waals surface area contributed by atoms with Gasteiger partial charge in [0.2, 0.25) is 5.96 Å². The predicted molar refractivity (Wildman–Crippen MR) is 122 cm³/mol. The summed E-state index contributed by atoms with van der Waals surface area (Å²) in [5, 5.41) is 0.926. The van der Waals surface area contributed by atoms with Crippen molar-refractivity contribution in [3.8, 4) is 5.75 Å². The van der Waals surface area contributed by atoms with Crippen molar-refractivity contribution < 1.29 is 18.3 Å². The molecule has 1 amide bonds. The summed E-state index contributed by atoms with van der Waals surface area (Å²) in [5.41, 5.74) is 7.26. The fraction of sp³-hybridized carbons (Fsp3) is 0.120. The van der Waals surface area contributed by atoms with Gasteiger partial charge in [-0.25, -0.2) is 9.89 Å². The maximum atomic E-state index is 14.1. The highest BCUT2D eigenvalue weighted by Crippen LogP contribution is 2.42. The van der Waals surface area contributed by atoms with Gasteiger partial charge in [0.25, 0.3) is 5.91 Å². The summed E-state index contributed by atoms with van der Waals surface area (Å²) in [4.78, 5) is 23.3. The Bertz CT molecular complexity index is 1350. The smallest absolute Gasteiger partial charge is 0.387 e. The normalized spacial score (nSPS) is 18.2. The number of H-pyrrole nitrogens is 1. The fourth-order valence-electron chi connectivity index (χ4n) is 4.27. The molecule has 1 aromatic heterocycles. The molecule has 0 saturated heterocycles. The molecule has 1 aliphatic rings. The van der Waals surface area contributed by atoms with Crippen molar-refractivity contribution in [2.24, 2.45) is 10.7 Å². The van der Waals surface area contributed by atoms with Crippen molar-refractivity contribution in [3.05, 3.63) is 95.6 Å². The molecule has 4 aromatic rings. The van der Waals surface area contributed by atoms with E-state index in [1.807, 2.05) is 48.5 Å². The third kappa shape index (κ3) is 3.31. The predicted octanol–water partition coefficient (Wildman–Crippen LogP) is 4.68. The molecule has 0 bridgehead atoms. The molecule has 1 unspecified atom stereocenters. The van der Waals surface area contributed by atoms with Crippen LogP contribution in [-0.2, 0) is 10.3 Å². The first-order valence-electron chi connectivity index (χ1n) is 10.3. The Kier molecular flexibility index (Phi) is 4.85. The van der Waals surface area contributed by atoms with E-state index in [2.05, 4.69) is 14.7 Å². The zero-order chi connectivity index (χ0) is 23.2. The number of anilines is 1. The number of para-hydroxylation sites is 1. The number of fused-ring (bicyclic) bond motifs is 1. The van der Waals surface area contributed by atoms with Gasteiger partial charge in [-0.05, 0) is 47.9 Å². The van der Waals surface area contributed by atoms with E-state index in [1.165, 1.54) is 11.0 Å². The number of nitrogens with zero attached hydrogens (tertiary/aromatic N) is 2. The Morgan fingerprint density at radius 2 is 1.73 bits per heavy atom. The Hall–Kier alpha value is -4.20. The standard InChI is InChI=1S/C25H20F2N4O2/c1-15-13-18(11-12-20(15)33-23(26)27)25(17-8-3-2-4-9-17)22(32)31(24(28)30-25)21-14-16-7-5-6-10-19(16)29-21/h2-14,23,29H,1H3,(H2,28,30). The third-order valence-corrected chi connectivity index (χ3v) is 5.78. The number of nitrogens with two attached hydrogens (primary N) is 1. The van der Waals surface area contributed by atoms with Crippen LogP contribution in [-0.4, -0.2) is 23.5 Å². The Morgan fingerprint density at radius 3 is 2.42 bits per heavy atom. The van der Waals surface area contributed by atoms with E-state index >= 15 is 0 Å². The molecule has 8 heteroatoms. The van der Waals surface area contributed by atoms with Gasteiger partial charge in [-0.1, -0.05) is 54.6 Å². The molecule has 2 heterocycles. The molecule has 0 spiro atoms. The zero-order valence-corrected chi connectivity index (χ0v) is 17.6. The topological polar surface area (TPSA) is 83.7 Å². The van der Waals surface area contributed by atoms with Gasteiger partial charge in [-0.15, -0.1) is 0 Å². The Labute approximate surface area is 188 Å². The van der Waals surface area contributed by atoms with Crippen molar-refractivity contribution in [2.75, 3.05) is 4.90 Å². The quantitative estimate of drug-likeness (QED) is 0.467. The number of carbonyl (C=O) groups excluding carboxylic acids is 1. The number of ether oxygens (including phenoxy) is 1.